The Kier molecular flexibility index (Phi) is 4.81. The van der Waals surface area contributed by atoms with Crippen molar-refractivity contribution in [1.29, 1.82) is 0 Å². The molecule has 0 amide bonds. The van der Waals surface area contributed by atoms with Crippen molar-refractivity contribution in [2.75, 3.05) is 20.7 Å². The van der Waals surface area contributed by atoms with Crippen LogP contribution in [0.4, 0.5) is 0 Å². The third kappa shape index (κ3) is 3.95. The van der Waals surface area contributed by atoms with E-state index in [1.54, 1.807) is 19.0 Å². The maximum atomic E-state index is 11.0. The van der Waals surface area contributed by atoms with Gasteiger partial charge in [-0.25, -0.2) is 4.79 Å². The Labute approximate surface area is 67.3 Å². The molecular formula is C7H16N2O2. The highest BCUT2D eigenvalue weighted by Gasteiger charge is 2.15. The van der Waals surface area contributed by atoms with Crippen molar-refractivity contribution in [3.8, 4) is 0 Å². The van der Waals surface area contributed by atoms with Crippen LogP contribution in [-0.4, -0.2) is 37.7 Å². The third-order valence-electron chi connectivity index (χ3n) is 1.25. The third-order valence-corrected chi connectivity index (χ3v) is 1.25. The monoisotopic (exact) mass is 160 g/mol. The number of hydrogen-bond donors (Lipinski definition) is 1. The molecule has 4 heteroatoms. The Morgan fingerprint density at radius 2 is 2.18 bits per heavy atom. The molecule has 0 aliphatic rings. The molecule has 0 saturated carbocycles. The van der Waals surface area contributed by atoms with Crippen molar-refractivity contribution in [2.24, 2.45) is 5.73 Å². The average Bonchev–Trinajstić information content (AvgIpc) is 1.98. The molecule has 0 saturated heterocycles. The minimum absolute atomic E-state index is 0.364. The van der Waals surface area contributed by atoms with Crippen LogP contribution in [0.25, 0.3) is 0 Å². The van der Waals surface area contributed by atoms with Gasteiger partial charge >= 0.3 is 5.97 Å². The molecule has 0 unspecified atom stereocenters. The van der Waals surface area contributed by atoms with Gasteiger partial charge in [0.25, 0.3) is 0 Å². The van der Waals surface area contributed by atoms with Crippen molar-refractivity contribution >= 4 is 5.97 Å². The van der Waals surface area contributed by atoms with E-state index in [0.29, 0.717) is 6.61 Å². The second kappa shape index (κ2) is 5.09. The topological polar surface area (TPSA) is 55.6 Å². The Morgan fingerprint density at radius 3 is 2.55 bits per heavy atom. The summed E-state index contributed by atoms with van der Waals surface area (Å²) in [5.41, 5.74) is 5.45. The fraction of sp³-hybridized carbons (Fsp3) is 0.857. The minimum atomic E-state index is -0.637. The Balaban J connectivity index is 3.64. The molecule has 0 aromatic rings. The maximum Gasteiger partial charge on any atom is 0.338 e. The van der Waals surface area contributed by atoms with Crippen LogP contribution in [0.3, 0.4) is 0 Å². The quantitative estimate of drug-likeness (QED) is 0.456. The molecule has 0 spiro atoms. The zero-order chi connectivity index (χ0) is 8.85. The Morgan fingerprint density at radius 1 is 1.64 bits per heavy atom. The van der Waals surface area contributed by atoms with Gasteiger partial charge in [-0.2, -0.15) is 0 Å². The first-order valence-corrected chi connectivity index (χ1v) is 3.68. The lowest BCUT2D eigenvalue weighted by atomic mass is 10.4. The first kappa shape index (κ1) is 10.4. The molecule has 0 heterocycles. The van der Waals surface area contributed by atoms with Gasteiger partial charge in [-0.3, -0.25) is 4.90 Å². The van der Waals surface area contributed by atoms with Gasteiger partial charge in [-0.1, -0.05) is 6.92 Å². The van der Waals surface area contributed by atoms with Crippen LogP contribution in [0.1, 0.15) is 13.3 Å². The van der Waals surface area contributed by atoms with Crippen LogP contribution in [0, 0.1) is 0 Å². The summed E-state index contributed by atoms with van der Waals surface area (Å²) in [6.45, 7) is 2.38. The molecule has 1 atom stereocenters. The number of esters is 1. The summed E-state index contributed by atoms with van der Waals surface area (Å²) < 4.78 is 4.81. The SMILES string of the molecule is CCCOC(=O)[C@H](N)N(C)C. The van der Waals surface area contributed by atoms with Gasteiger partial charge in [-0.05, 0) is 20.5 Å². The summed E-state index contributed by atoms with van der Waals surface area (Å²) in [4.78, 5) is 12.6. The highest BCUT2D eigenvalue weighted by Crippen LogP contribution is 1.89. The highest BCUT2D eigenvalue weighted by atomic mass is 16.5. The smallest absolute Gasteiger partial charge is 0.338 e. The van der Waals surface area contributed by atoms with Gasteiger partial charge in [-0.15, -0.1) is 0 Å². The van der Waals surface area contributed by atoms with Crippen LogP contribution in [0.2, 0.25) is 0 Å². The largest absolute Gasteiger partial charge is 0.464 e. The van der Waals surface area contributed by atoms with Gasteiger partial charge in [0.05, 0.1) is 6.61 Å². The molecule has 4 nitrogen and oxygen atoms in total. The first-order chi connectivity index (χ1) is 5.09. The van der Waals surface area contributed by atoms with E-state index in [2.05, 4.69) is 0 Å². The summed E-state index contributed by atoms with van der Waals surface area (Å²) in [7, 11) is 3.47. The molecule has 0 fully saturated rings. The van der Waals surface area contributed by atoms with Gasteiger partial charge < -0.3 is 10.5 Å². The number of nitrogens with zero attached hydrogens (tertiary/aromatic N) is 1. The van der Waals surface area contributed by atoms with E-state index in [0.717, 1.165) is 6.42 Å². The fourth-order valence-corrected chi connectivity index (χ4v) is 0.499. The molecule has 0 aromatic carbocycles. The standard InChI is InChI=1S/C7H16N2O2/c1-4-5-11-7(10)6(8)9(2)3/h6H,4-5,8H2,1-3H3/t6-/m1/s1. The van der Waals surface area contributed by atoms with E-state index in [1.165, 1.54) is 0 Å². The van der Waals surface area contributed by atoms with E-state index in [-0.39, 0.29) is 5.97 Å². The van der Waals surface area contributed by atoms with Crippen molar-refractivity contribution < 1.29 is 9.53 Å². The molecule has 11 heavy (non-hydrogen) atoms. The molecule has 0 aliphatic heterocycles. The van der Waals surface area contributed by atoms with Crippen molar-refractivity contribution in [3.63, 3.8) is 0 Å². The van der Waals surface area contributed by atoms with Crippen LogP contribution >= 0.6 is 0 Å². The summed E-state index contributed by atoms with van der Waals surface area (Å²) in [5.74, 6) is -0.364. The predicted octanol–water partition coefficient (Wildman–Crippen LogP) is -0.214. The average molecular weight is 160 g/mol. The summed E-state index contributed by atoms with van der Waals surface area (Å²) in [6.07, 6.45) is 0.188. The van der Waals surface area contributed by atoms with Crippen molar-refractivity contribution in [3.05, 3.63) is 0 Å². The lowest BCUT2D eigenvalue weighted by Crippen LogP contribution is -2.44. The molecule has 66 valence electrons. The maximum absolute atomic E-state index is 11.0. The number of carbonyl (C=O) groups excluding carboxylic acids is 1. The second-order valence-electron chi connectivity index (χ2n) is 2.58. The zero-order valence-electron chi connectivity index (χ0n) is 7.33. The van der Waals surface area contributed by atoms with E-state index in [4.69, 9.17) is 10.5 Å². The molecule has 0 radical (unpaired) electrons. The van der Waals surface area contributed by atoms with Crippen molar-refractivity contribution in [1.82, 2.24) is 4.90 Å². The van der Waals surface area contributed by atoms with E-state index < -0.39 is 6.17 Å². The molecule has 0 rings (SSSR count). The number of carbonyl (C=O) groups is 1. The fourth-order valence-electron chi connectivity index (χ4n) is 0.499. The normalized spacial score (nSPS) is 13.2. The van der Waals surface area contributed by atoms with Crippen LogP contribution in [-0.2, 0) is 9.53 Å². The summed E-state index contributed by atoms with van der Waals surface area (Å²) in [6, 6.07) is 0. The number of rotatable bonds is 4. The van der Waals surface area contributed by atoms with E-state index in [9.17, 15) is 4.79 Å². The van der Waals surface area contributed by atoms with Gasteiger partial charge in [0, 0.05) is 0 Å². The molecular weight excluding hydrogens is 144 g/mol. The number of hydrogen-bond acceptors (Lipinski definition) is 4. The summed E-state index contributed by atoms with van der Waals surface area (Å²) in [5, 5.41) is 0. The van der Waals surface area contributed by atoms with Crippen LogP contribution < -0.4 is 5.73 Å². The van der Waals surface area contributed by atoms with Gasteiger partial charge in [0.15, 0.2) is 6.17 Å². The van der Waals surface area contributed by atoms with Crippen LogP contribution in [0.5, 0.6) is 0 Å². The first-order valence-electron chi connectivity index (χ1n) is 3.68. The molecule has 2 N–H and O–H groups in total. The van der Waals surface area contributed by atoms with Gasteiger partial charge in [0.1, 0.15) is 0 Å². The lowest BCUT2D eigenvalue weighted by molar-refractivity contribution is -0.148. The lowest BCUT2D eigenvalue weighted by Gasteiger charge is -2.17. The van der Waals surface area contributed by atoms with E-state index in [1.807, 2.05) is 6.92 Å². The summed E-state index contributed by atoms with van der Waals surface area (Å²) >= 11 is 0. The minimum Gasteiger partial charge on any atom is -0.464 e. The molecule has 0 aromatic heterocycles. The number of nitrogens with two attached hydrogens (primary N) is 1. The Bertz CT molecular complexity index is 126. The van der Waals surface area contributed by atoms with Crippen LogP contribution in [0.15, 0.2) is 0 Å². The highest BCUT2D eigenvalue weighted by molar-refractivity contribution is 5.74. The molecule has 0 aliphatic carbocycles. The van der Waals surface area contributed by atoms with E-state index >= 15 is 0 Å². The predicted molar refractivity (Wildman–Crippen MR) is 42.9 cm³/mol. The number of ether oxygens (including phenoxy) is 1. The van der Waals surface area contributed by atoms with Gasteiger partial charge in [0.2, 0.25) is 0 Å². The Hall–Kier alpha value is -0.610. The van der Waals surface area contributed by atoms with Crippen molar-refractivity contribution in [2.45, 2.75) is 19.5 Å². The molecule has 0 bridgehead atoms. The number of likely N-dealkylation sites (N-methyl/N-ethyl adjacent to an activating group) is 1. The zero-order valence-corrected chi connectivity index (χ0v) is 7.33. The second-order valence-corrected chi connectivity index (χ2v) is 2.58.